The molecule has 0 saturated carbocycles. The molecule has 0 heterocycles. The first kappa shape index (κ1) is 12.1. The summed E-state index contributed by atoms with van der Waals surface area (Å²) in [6.45, 7) is 0. The first-order chi connectivity index (χ1) is 8.15. The Morgan fingerprint density at radius 1 is 1.12 bits per heavy atom. The molecule has 2 N–H and O–H groups in total. The number of hydrogen-bond acceptors (Lipinski definition) is 1. The molecule has 0 aliphatic heterocycles. The predicted octanol–water partition coefficient (Wildman–Crippen LogP) is 3.72. The number of benzene rings is 2. The minimum absolute atomic E-state index is 0.126. The maximum atomic E-state index is 12.8. The highest BCUT2D eigenvalue weighted by molar-refractivity contribution is 6.30. The van der Waals surface area contributed by atoms with Crippen LogP contribution in [0.1, 0.15) is 17.2 Å². The maximum Gasteiger partial charge on any atom is 0.123 e. The van der Waals surface area contributed by atoms with E-state index in [1.807, 2.05) is 24.3 Å². The zero-order valence-corrected chi connectivity index (χ0v) is 9.99. The predicted molar refractivity (Wildman–Crippen MR) is 68.5 cm³/mol. The van der Waals surface area contributed by atoms with E-state index in [2.05, 4.69) is 0 Å². The average Bonchev–Trinajstić information content (AvgIpc) is 2.32. The van der Waals surface area contributed by atoms with Crippen molar-refractivity contribution < 1.29 is 4.39 Å². The van der Waals surface area contributed by atoms with E-state index >= 15 is 0 Å². The lowest BCUT2D eigenvalue weighted by Gasteiger charge is -2.12. The fraction of sp³-hybridized carbons (Fsp3) is 0.143. The number of nitrogens with two attached hydrogens (primary N) is 1. The molecule has 2 aromatic rings. The van der Waals surface area contributed by atoms with Gasteiger partial charge < -0.3 is 5.73 Å². The van der Waals surface area contributed by atoms with Gasteiger partial charge in [-0.05, 0) is 41.8 Å². The summed E-state index contributed by atoms with van der Waals surface area (Å²) in [5.41, 5.74) is 8.08. The average molecular weight is 250 g/mol. The molecule has 0 spiro atoms. The Balaban J connectivity index is 2.11. The lowest BCUT2D eigenvalue weighted by molar-refractivity contribution is 0.625. The normalized spacial score (nSPS) is 12.4. The van der Waals surface area contributed by atoms with Gasteiger partial charge in [-0.15, -0.1) is 0 Å². The molecule has 0 bridgehead atoms. The highest BCUT2D eigenvalue weighted by atomic mass is 35.5. The van der Waals surface area contributed by atoms with Gasteiger partial charge in [-0.2, -0.15) is 0 Å². The van der Waals surface area contributed by atoms with Crippen LogP contribution < -0.4 is 5.73 Å². The fourth-order valence-corrected chi connectivity index (χ4v) is 1.93. The third kappa shape index (κ3) is 3.29. The molecule has 1 nitrogen and oxygen atoms in total. The summed E-state index contributed by atoms with van der Waals surface area (Å²) in [5.74, 6) is -0.231. The monoisotopic (exact) mass is 249 g/mol. The van der Waals surface area contributed by atoms with E-state index in [0.29, 0.717) is 11.4 Å². The van der Waals surface area contributed by atoms with Gasteiger partial charge in [0, 0.05) is 11.1 Å². The summed E-state index contributed by atoms with van der Waals surface area (Å²) in [6, 6.07) is 13.8. The molecule has 0 fully saturated rings. The minimum atomic E-state index is -0.231. The number of hydrogen-bond donors (Lipinski definition) is 1. The van der Waals surface area contributed by atoms with Crippen molar-refractivity contribution in [3.8, 4) is 0 Å². The lowest BCUT2D eigenvalue weighted by Crippen LogP contribution is -2.13. The van der Waals surface area contributed by atoms with Gasteiger partial charge in [0.2, 0.25) is 0 Å². The molecule has 3 heteroatoms. The molecular formula is C14H13ClFN. The summed E-state index contributed by atoms with van der Waals surface area (Å²) in [5, 5.41) is 0.678. The molecule has 0 aromatic heterocycles. The Hall–Kier alpha value is -1.38. The Kier molecular flexibility index (Phi) is 3.77. The second-order valence-electron chi connectivity index (χ2n) is 3.99. The van der Waals surface area contributed by atoms with E-state index in [4.69, 9.17) is 17.3 Å². The Morgan fingerprint density at radius 2 is 1.82 bits per heavy atom. The Morgan fingerprint density at radius 3 is 2.47 bits per heavy atom. The van der Waals surface area contributed by atoms with Crippen molar-refractivity contribution in [2.75, 3.05) is 0 Å². The van der Waals surface area contributed by atoms with E-state index in [-0.39, 0.29) is 11.9 Å². The largest absolute Gasteiger partial charge is 0.324 e. The van der Waals surface area contributed by atoms with Crippen molar-refractivity contribution in [2.45, 2.75) is 12.5 Å². The zero-order chi connectivity index (χ0) is 12.3. The van der Waals surface area contributed by atoms with Crippen molar-refractivity contribution in [2.24, 2.45) is 5.73 Å². The topological polar surface area (TPSA) is 26.0 Å². The van der Waals surface area contributed by atoms with Gasteiger partial charge >= 0.3 is 0 Å². The van der Waals surface area contributed by atoms with Crippen molar-refractivity contribution in [3.63, 3.8) is 0 Å². The SMILES string of the molecule is NC(Cc1ccc(F)cc1)c1cccc(Cl)c1. The second kappa shape index (κ2) is 5.30. The van der Waals surface area contributed by atoms with Crippen LogP contribution in [0.4, 0.5) is 4.39 Å². The van der Waals surface area contributed by atoms with Crippen molar-refractivity contribution in [1.29, 1.82) is 0 Å². The summed E-state index contributed by atoms with van der Waals surface area (Å²) >= 11 is 5.91. The molecule has 0 aliphatic rings. The Labute approximate surface area is 105 Å². The lowest BCUT2D eigenvalue weighted by atomic mass is 10.00. The van der Waals surface area contributed by atoms with Crippen LogP contribution in [0.2, 0.25) is 5.02 Å². The molecule has 0 radical (unpaired) electrons. The molecule has 0 aliphatic carbocycles. The van der Waals surface area contributed by atoms with E-state index in [0.717, 1.165) is 11.1 Å². The first-order valence-corrected chi connectivity index (χ1v) is 5.78. The number of rotatable bonds is 3. The van der Waals surface area contributed by atoms with Crippen LogP contribution in [0.15, 0.2) is 48.5 Å². The van der Waals surface area contributed by atoms with Gasteiger partial charge in [0.1, 0.15) is 5.82 Å². The van der Waals surface area contributed by atoms with Crippen LogP contribution in [0.25, 0.3) is 0 Å². The smallest absolute Gasteiger partial charge is 0.123 e. The van der Waals surface area contributed by atoms with Crippen LogP contribution in [0.3, 0.4) is 0 Å². The van der Waals surface area contributed by atoms with Gasteiger partial charge in [0.25, 0.3) is 0 Å². The van der Waals surface area contributed by atoms with Crippen LogP contribution in [-0.4, -0.2) is 0 Å². The van der Waals surface area contributed by atoms with Crippen LogP contribution in [0.5, 0.6) is 0 Å². The quantitative estimate of drug-likeness (QED) is 0.882. The fourth-order valence-electron chi connectivity index (χ4n) is 1.73. The molecular weight excluding hydrogens is 237 g/mol. The van der Waals surface area contributed by atoms with E-state index < -0.39 is 0 Å². The maximum absolute atomic E-state index is 12.8. The highest BCUT2D eigenvalue weighted by Gasteiger charge is 2.07. The molecule has 0 saturated heterocycles. The molecule has 88 valence electrons. The van der Waals surface area contributed by atoms with Gasteiger partial charge in [0.15, 0.2) is 0 Å². The molecule has 1 atom stereocenters. The van der Waals surface area contributed by atoms with Crippen molar-refractivity contribution in [3.05, 3.63) is 70.5 Å². The highest BCUT2D eigenvalue weighted by Crippen LogP contribution is 2.19. The first-order valence-electron chi connectivity index (χ1n) is 5.40. The van der Waals surface area contributed by atoms with Crippen LogP contribution in [-0.2, 0) is 6.42 Å². The zero-order valence-electron chi connectivity index (χ0n) is 9.24. The second-order valence-corrected chi connectivity index (χ2v) is 4.43. The summed E-state index contributed by atoms with van der Waals surface area (Å²) in [7, 11) is 0. The van der Waals surface area contributed by atoms with Gasteiger partial charge in [-0.25, -0.2) is 4.39 Å². The molecule has 2 aromatic carbocycles. The summed E-state index contributed by atoms with van der Waals surface area (Å²) in [4.78, 5) is 0. The summed E-state index contributed by atoms with van der Waals surface area (Å²) in [6.07, 6.45) is 0.667. The van der Waals surface area contributed by atoms with Gasteiger partial charge in [-0.1, -0.05) is 35.9 Å². The third-order valence-corrected chi connectivity index (χ3v) is 2.88. The van der Waals surface area contributed by atoms with E-state index in [1.54, 1.807) is 12.1 Å². The molecule has 0 amide bonds. The standard InChI is InChI=1S/C14H13ClFN/c15-12-3-1-2-11(9-12)14(17)8-10-4-6-13(16)7-5-10/h1-7,9,14H,8,17H2. The molecule has 1 unspecified atom stereocenters. The third-order valence-electron chi connectivity index (χ3n) is 2.65. The summed E-state index contributed by atoms with van der Waals surface area (Å²) < 4.78 is 12.8. The van der Waals surface area contributed by atoms with E-state index in [9.17, 15) is 4.39 Å². The van der Waals surface area contributed by atoms with Crippen LogP contribution in [0, 0.1) is 5.82 Å². The van der Waals surface area contributed by atoms with Gasteiger partial charge in [-0.3, -0.25) is 0 Å². The number of halogens is 2. The van der Waals surface area contributed by atoms with Crippen molar-refractivity contribution in [1.82, 2.24) is 0 Å². The minimum Gasteiger partial charge on any atom is -0.324 e. The molecule has 2 rings (SSSR count). The Bertz CT molecular complexity index is 496. The van der Waals surface area contributed by atoms with Gasteiger partial charge in [0.05, 0.1) is 0 Å². The molecule has 17 heavy (non-hydrogen) atoms. The van der Waals surface area contributed by atoms with Crippen molar-refractivity contribution >= 4 is 11.6 Å². The van der Waals surface area contributed by atoms with Crippen LogP contribution >= 0.6 is 11.6 Å². The van der Waals surface area contributed by atoms with E-state index in [1.165, 1.54) is 12.1 Å².